The van der Waals surface area contributed by atoms with Crippen LogP contribution in [0.15, 0.2) is 53.9 Å². The fourth-order valence-corrected chi connectivity index (χ4v) is 3.40. The van der Waals surface area contributed by atoms with Crippen LogP contribution in [-0.4, -0.2) is 24.1 Å². The molecule has 0 fully saturated rings. The summed E-state index contributed by atoms with van der Waals surface area (Å²) in [5.74, 6) is 1.77. The van der Waals surface area contributed by atoms with Gasteiger partial charge in [0.1, 0.15) is 23.9 Å². The van der Waals surface area contributed by atoms with E-state index < -0.39 is 0 Å². The summed E-state index contributed by atoms with van der Waals surface area (Å²) in [6, 6.07) is 12.9. The minimum Gasteiger partial charge on any atom is -0.494 e. The molecule has 0 unspecified atom stereocenters. The maximum atomic E-state index is 12.4. The Morgan fingerprint density at radius 2 is 1.77 bits per heavy atom. The second kappa shape index (κ2) is 11.2. The van der Waals surface area contributed by atoms with E-state index in [2.05, 4.69) is 10.3 Å². The summed E-state index contributed by atoms with van der Waals surface area (Å²) < 4.78 is 16.8. The summed E-state index contributed by atoms with van der Waals surface area (Å²) in [4.78, 5) is 16.8. The van der Waals surface area contributed by atoms with Crippen molar-refractivity contribution in [1.82, 2.24) is 4.98 Å². The number of hydrogen-bond acceptors (Lipinski definition) is 6. The van der Waals surface area contributed by atoms with E-state index in [9.17, 15) is 4.79 Å². The van der Waals surface area contributed by atoms with Gasteiger partial charge in [-0.2, -0.15) is 0 Å². The van der Waals surface area contributed by atoms with Crippen molar-refractivity contribution in [3.05, 3.63) is 70.2 Å². The van der Waals surface area contributed by atoms with E-state index in [0.29, 0.717) is 37.0 Å². The SMILES string of the molecule is CCOc1ccc(OCC)c(NC(=O)/C=C/c2ccc(OCc3csc(C)n3)cc2)c1. The van der Waals surface area contributed by atoms with E-state index in [1.807, 2.05) is 56.5 Å². The molecule has 1 heterocycles. The normalized spacial score (nSPS) is 10.8. The average Bonchev–Trinajstić information content (AvgIpc) is 3.19. The fourth-order valence-electron chi connectivity index (χ4n) is 2.80. The Hall–Kier alpha value is -3.32. The molecule has 0 saturated heterocycles. The van der Waals surface area contributed by atoms with Crippen molar-refractivity contribution in [1.29, 1.82) is 0 Å². The summed E-state index contributed by atoms with van der Waals surface area (Å²) in [5.41, 5.74) is 2.38. The van der Waals surface area contributed by atoms with Gasteiger partial charge >= 0.3 is 0 Å². The van der Waals surface area contributed by atoms with Gasteiger partial charge in [0.2, 0.25) is 5.91 Å². The first kappa shape index (κ1) is 22.4. The van der Waals surface area contributed by atoms with Gasteiger partial charge in [0.25, 0.3) is 0 Å². The molecule has 0 saturated carbocycles. The predicted octanol–water partition coefficient (Wildman–Crippen LogP) is 5.48. The standard InChI is InChI=1S/C24H26N2O4S/c1-4-28-21-11-12-23(29-5-2)22(14-21)26-24(27)13-8-18-6-9-20(10-7-18)30-15-19-16-31-17(3)25-19/h6-14,16H,4-5,15H2,1-3H3,(H,26,27)/b13-8+. The van der Waals surface area contributed by atoms with Gasteiger partial charge in [-0.15, -0.1) is 11.3 Å². The number of nitrogens with zero attached hydrogens (tertiary/aromatic N) is 1. The lowest BCUT2D eigenvalue weighted by Crippen LogP contribution is -2.10. The van der Waals surface area contributed by atoms with E-state index in [0.717, 1.165) is 22.0 Å². The Balaban J connectivity index is 1.58. The molecule has 2 aromatic carbocycles. The lowest BCUT2D eigenvalue weighted by molar-refractivity contribution is -0.111. The molecule has 0 aliphatic carbocycles. The van der Waals surface area contributed by atoms with Crippen LogP contribution in [0.3, 0.4) is 0 Å². The second-order valence-electron chi connectivity index (χ2n) is 6.56. The third-order valence-electron chi connectivity index (χ3n) is 4.18. The highest BCUT2D eigenvalue weighted by atomic mass is 32.1. The number of carbonyl (C=O) groups excluding carboxylic acids is 1. The minimum atomic E-state index is -0.256. The van der Waals surface area contributed by atoms with Gasteiger partial charge in [0, 0.05) is 17.5 Å². The molecule has 0 spiro atoms. The lowest BCUT2D eigenvalue weighted by atomic mass is 10.2. The second-order valence-corrected chi connectivity index (χ2v) is 7.62. The summed E-state index contributed by atoms with van der Waals surface area (Å²) in [7, 11) is 0. The first-order chi connectivity index (χ1) is 15.1. The zero-order valence-electron chi connectivity index (χ0n) is 17.9. The van der Waals surface area contributed by atoms with Crippen LogP contribution >= 0.6 is 11.3 Å². The van der Waals surface area contributed by atoms with Gasteiger partial charge in [-0.25, -0.2) is 4.98 Å². The molecule has 6 nitrogen and oxygen atoms in total. The van der Waals surface area contributed by atoms with Crippen molar-refractivity contribution < 1.29 is 19.0 Å². The van der Waals surface area contributed by atoms with Crippen LogP contribution < -0.4 is 19.5 Å². The topological polar surface area (TPSA) is 69.7 Å². The molecular weight excluding hydrogens is 412 g/mol. The van der Waals surface area contributed by atoms with Gasteiger partial charge in [-0.1, -0.05) is 12.1 Å². The van der Waals surface area contributed by atoms with Gasteiger partial charge < -0.3 is 19.5 Å². The first-order valence-corrected chi connectivity index (χ1v) is 11.0. The Morgan fingerprint density at radius 1 is 1.03 bits per heavy atom. The maximum Gasteiger partial charge on any atom is 0.248 e. The molecule has 0 radical (unpaired) electrons. The van der Waals surface area contributed by atoms with E-state index >= 15 is 0 Å². The average molecular weight is 439 g/mol. The molecule has 3 aromatic rings. The number of aromatic nitrogens is 1. The number of nitrogens with one attached hydrogen (secondary N) is 1. The fraction of sp³-hybridized carbons (Fsp3) is 0.250. The lowest BCUT2D eigenvalue weighted by Gasteiger charge is -2.12. The Bertz CT molecular complexity index is 1030. The minimum absolute atomic E-state index is 0.256. The molecule has 0 aliphatic rings. The molecule has 0 atom stereocenters. The summed E-state index contributed by atoms with van der Waals surface area (Å²) in [6.07, 6.45) is 3.23. The number of amides is 1. The highest BCUT2D eigenvalue weighted by Gasteiger charge is 2.08. The number of aryl methyl sites for hydroxylation is 1. The van der Waals surface area contributed by atoms with Gasteiger partial charge in [0.05, 0.1) is 29.6 Å². The van der Waals surface area contributed by atoms with E-state index in [1.54, 1.807) is 29.5 Å². The first-order valence-electron chi connectivity index (χ1n) is 10.1. The molecular formula is C24H26N2O4S. The number of rotatable bonds is 10. The summed E-state index contributed by atoms with van der Waals surface area (Å²) in [6.45, 7) is 7.26. The largest absolute Gasteiger partial charge is 0.494 e. The molecule has 7 heteroatoms. The Morgan fingerprint density at radius 3 is 2.45 bits per heavy atom. The highest BCUT2D eigenvalue weighted by molar-refractivity contribution is 7.09. The molecule has 162 valence electrons. The quantitative estimate of drug-likeness (QED) is 0.425. The summed E-state index contributed by atoms with van der Waals surface area (Å²) in [5, 5.41) is 5.87. The zero-order valence-corrected chi connectivity index (χ0v) is 18.7. The van der Waals surface area contributed by atoms with Crippen LogP contribution in [0.1, 0.15) is 30.1 Å². The monoisotopic (exact) mass is 438 g/mol. The highest BCUT2D eigenvalue weighted by Crippen LogP contribution is 2.29. The van der Waals surface area contributed by atoms with Crippen molar-refractivity contribution in [3.8, 4) is 17.2 Å². The molecule has 3 rings (SSSR count). The van der Waals surface area contributed by atoms with E-state index in [1.165, 1.54) is 6.08 Å². The van der Waals surface area contributed by atoms with Gasteiger partial charge in [-0.3, -0.25) is 4.79 Å². The molecule has 1 aromatic heterocycles. The summed E-state index contributed by atoms with van der Waals surface area (Å²) >= 11 is 1.61. The van der Waals surface area contributed by atoms with Crippen molar-refractivity contribution in [2.45, 2.75) is 27.4 Å². The number of ether oxygens (including phenoxy) is 3. The van der Waals surface area contributed by atoms with E-state index in [4.69, 9.17) is 14.2 Å². The van der Waals surface area contributed by atoms with Crippen LogP contribution in [0.4, 0.5) is 5.69 Å². The number of thiazole rings is 1. The van der Waals surface area contributed by atoms with Crippen molar-refractivity contribution >= 4 is 29.0 Å². The Kier molecular flexibility index (Phi) is 8.06. The van der Waals surface area contributed by atoms with Gasteiger partial charge in [-0.05, 0) is 56.7 Å². The van der Waals surface area contributed by atoms with E-state index in [-0.39, 0.29) is 5.91 Å². The van der Waals surface area contributed by atoms with Crippen LogP contribution in [0.2, 0.25) is 0 Å². The predicted molar refractivity (Wildman–Crippen MR) is 124 cm³/mol. The van der Waals surface area contributed by atoms with Crippen molar-refractivity contribution in [2.24, 2.45) is 0 Å². The molecule has 1 amide bonds. The van der Waals surface area contributed by atoms with Gasteiger partial charge in [0.15, 0.2) is 0 Å². The molecule has 0 bridgehead atoms. The van der Waals surface area contributed by atoms with Crippen LogP contribution in [-0.2, 0) is 11.4 Å². The molecule has 0 aliphatic heterocycles. The third kappa shape index (κ3) is 6.86. The van der Waals surface area contributed by atoms with Crippen LogP contribution in [0.5, 0.6) is 17.2 Å². The zero-order chi connectivity index (χ0) is 22.1. The number of carbonyl (C=O) groups is 1. The van der Waals surface area contributed by atoms with Crippen molar-refractivity contribution in [3.63, 3.8) is 0 Å². The third-order valence-corrected chi connectivity index (χ3v) is 5.00. The number of benzene rings is 2. The van der Waals surface area contributed by atoms with Crippen molar-refractivity contribution in [2.75, 3.05) is 18.5 Å². The smallest absolute Gasteiger partial charge is 0.248 e. The maximum absolute atomic E-state index is 12.4. The number of anilines is 1. The molecule has 1 N–H and O–H groups in total. The number of hydrogen-bond donors (Lipinski definition) is 1. The van der Waals surface area contributed by atoms with Crippen LogP contribution in [0.25, 0.3) is 6.08 Å². The van der Waals surface area contributed by atoms with Crippen LogP contribution in [0, 0.1) is 6.92 Å². The molecule has 31 heavy (non-hydrogen) atoms. The Labute approximate surface area is 186 Å².